The van der Waals surface area contributed by atoms with Crippen molar-refractivity contribution in [1.82, 2.24) is 14.7 Å². The van der Waals surface area contributed by atoms with E-state index >= 15 is 0 Å². The van der Waals surface area contributed by atoms with Crippen molar-refractivity contribution in [2.75, 3.05) is 33.1 Å². The maximum absolute atomic E-state index is 5.32. The van der Waals surface area contributed by atoms with E-state index in [9.17, 15) is 0 Å². The summed E-state index contributed by atoms with van der Waals surface area (Å²) >= 11 is 3.45. The van der Waals surface area contributed by atoms with Crippen LogP contribution in [0.3, 0.4) is 0 Å². The molecule has 4 nitrogen and oxygen atoms in total. The van der Waals surface area contributed by atoms with E-state index in [1.807, 2.05) is 4.68 Å². The van der Waals surface area contributed by atoms with Gasteiger partial charge in [0.1, 0.15) is 0 Å². The van der Waals surface area contributed by atoms with Crippen LogP contribution in [-0.4, -0.2) is 47.8 Å². The van der Waals surface area contributed by atoms with Crippen LogP contribution in [0.5, 0.6) is 5.75 Å². The summed E-state index contributed by atoms with van der Waals surface area (Å²) in [5.41, 5.74) is 1.20. The molecule has 0 aliphatic carbocycles. The third-order valence-electron chi connectivity index (χ3n) is 2.44. The molecule has 92 valence electrons. The Hall–Kier alpha value is -0.550. The molecule has 1 aromatic heterocycles. The van der Waals surface area contributed by atoms with Crippen LogP contribution >= 0.6 is 15.9 Å². The Labute approximate surface area is 106 Å². The van der Waals surface area contributed by atoms with Gasteiger partial charge in [0.15, 0.2) is 5.75 Å². The van der Waals surface area contributed by atoms with Gasteiger partial charge in [-0.05, 0) is 26.9 Å². The van der Waals surface area contributed by atoms with E-state index in [1.54, 1.807) is 13.3 Å². The van der Waals surface area contributed by atoms with E-state index in [0.29, 0.717) is 0 Å². The summed E-state index contributed by atoms with van der Waals surface area (Å²) in [6.45, 7) is 1.90. The molecule has 0 radical (unpaired) electrons. The molecule has 5 heteroatoms. The highest BCUT2D eigenvalue weighted by Crippen LogP contribution is 2.19. The van der Waals surface area contributed by atoms with E-state index in [0.717, 1.165) is 37.0 Å². The molecule has 1 rings (SSSR count). The fourth-order valence-corrected chi connectivity index (χ4v) is 1.82. The molecule has 0 N–H and O–H groups in total. The minimum atomic E-state index is 0.903. The standard InChI is InChI=1S/C11H20BrN3O/c1-14(2)7-8-15-10(5-4-6-12)11(16-3)9-13-15/h9H,4-8H2,1-3H3. The first kappa shape index (κ1) is 13.5. The third-order valence-corrected chi connectivity index (χ3v) is 3.00. The van der Waals surface area contributed by atoms with Crippen LogP contribution in [-0.2, 0) is 13.0 Å². The zero-order valence-electron chi connectivity index (χ0n) is 10.2. The first-order valence-corrected chi connectivity index (χ1v) is 6.60. The maximum atomic E-state index is 5.32. The number of aromatic nitrogens is 2. The molecule has 0 amide bonds. The topological polar surface area (TPSA) is 30.3 Å². The summed E-state index contributed by atoms with van der Waals surface area (Å²) in [5.74, 6) is 0.903. The Bertz CT molecular complexity index is 312. The summed E-state index contributed by atoms with van der Waals surface area (Å²) in [7, 11) is 5.84. The molecule has 0 bridgehead atoms. The van der Waals surface area contributed by atoms with E-state index in [2.05, 4.69) is 40.0 Å². The molecule has 1 heterocycles. The summed E-state index contributed by atoms with van der Waals surface area (Å²) in [5, 5.41) is 5.37. The molecule has 16 heavy (non-hydrogen) atoms. The second-order valence-corrected chi connectivity index (χ2v) is 4.77. The molecular weight excluding hydrogens is 270 g/mol. The minimum absolute atomic E-state index is 0.903. The molecule has 0 aliphatic rings. The van der Waals surface area contributed by atoms with Crippen LogP contribution in [0.15, 0.2) is 6.20 Å². The Morgan fingerprint density at radius 1 is 1.50 bits per heavy atom. The van der Waals surface area contributed by atoms with Crippen LogP contribution in [0, 0.1) is 0 Å². The molecule has 0 aliphatic heterocycles. The van der Waals surface area contributed by atoms with Crippen molar-refractivity contribution in [2.45, 2.75) is 19.4 Å². The predicted octanol–water partition coefficient (Wildman–Crippen LogP) is 1.78. The first-order valence-electron chi connectivity index (χ1n) is 5.48. The highest BCUT2D eigenvalue weighted by Gasteiger charge is 2.10. The molecule has 0 fully saturated rings. The van der Waals surface area contributed by atoms with Gasteiger partial charge in [-0.15, -0.1) is 0 Å². The van der Waals surface area contributed by atoms with E-state index < -0.39 is 0 Å². The SMILES string of the molecule is COc1cnn(CCN(C)C)c1CCCBr. The van der Waals surface area contributed by atoms with Crippen LogP contribution in [0.2, 0.25) is 0 Å². The lowest BCUT2D eigenvalue weighted by Crippen LogP contribution is -2.20. The van der Waals surface area contributed by atoms with Crippen LogP contribution < -0.4 is 4.74 Å². The summed E-state index contributed by atoms with van der Waals surface area (Å²) in [6.07, 6.45) is 3.91. The number of halogens is 1. The number of methoxy groups -OCH3 is 1. The third kappa shape index (κ3) is 3.79. The summed E-state index contributed by atoms with van der Waals surface area (Å²) < 4.78 is 7.36. The first-order chi connectivity index (χ1) is 7.69. The van der Waals surface area contributed by atoms with Crippen molar-refractivity contribution < 1.29 is 4.74 Å². The van der Waals surface area contributed by atoms with Gasteiger partial charge >= 0.3 is 0 Å². The number of hydrogen-bond donors (Lipinski definition) is 0. The molecule has 0 saturated carbocycles. The van der Waals surface area contributed by atoms with Gasteiger partial charge in [-0.3, -0.25) is 4.68 Å². The number of hydrogen-bond acceptors (Lipinski definition) is 3. The number of alkyl halides is 1. The van der Waals surface area contributed by atoms with E-state index in [4.69, 9.17) is 4.74 Å². The van der Waals surface area contributed by atoms with Gasteiger partial charge < -0.3 is 9.64 Å². The monoisotopic (exact) mass is 289 g/mol. The van der Waals surface area contributed by atoms with Crippen LogP contribution in [0.25, 0.3) is 0 Å². The second-order valence-electron chi connectivity index (χ2n) is 3.98. The lowest BCUT2D eigenvalue weighted by atomic mass is 10.2. The van der Waals surface area contributed by atoms with Crippen molar-refractivity contribution in [3.8, 4) is 5.75 Å². The van der Waals surface area contributed by atoms with Crippen molar-refractivity contribution in [1.29, 1.82) is 0 Å². The summed E-state index contributed by atoms with van der Waals surface area (Å²) in [6, 6.07) is 0. The molecule has 0 saturated heterocycles. The molecule has 0 unspecified atom stereocenters. The lowest BCUT2D eigenvalue weighted by molar-refractivity contribution is 0.365. The Morgan fingerprint density at radius 3 is 2.81 bits per heavy atom. The number of rotatable bonds is 7. The maximum Gasteiger partial charge on any atom is 0.159 e. The van der Waals surface area contributed by atoms with E-state index in [-0.39, 0.29) is 0 Å². The Morgan fingerprint density at radius 2 is 2.25 bits per heavy atom. The molecular formula is C11H20BrN3O. The van der Waals surface area contributed by atoms with Gasteiger partial charge in [-0.2, -0.15) is 5.10 Å². The Balaban J connectivity index is 2.70. The quantitative estimate of drug-likeness (QED) is 0.717. The van der Waals surface area contributed by atoms with Crippen molar-refractivity contribution in [3.05, 3.63) is 11.9 Å². The molecule has 0 aromatic carbocycles. The number of ether oxygens (including phenoxy) is 1. The largest absolute Gasteiger partial charge is 0.493 e. The summed E-state index contributed by atoms with van der Waals surface area (Å²) in [4.78, 5) is 2.16. The highest BCUT2D eigenvalue weighted by molar-refractivity contribution is 9.09. The van der Waals surface area contributed by atoms with Gasteiger partial charge in [0, 0.05) is 11.9 Å². The number of likely N-dealkylation sites (N-methyl/N-ethyl adjacent to an activating group) is 1. The highest BCUT2D eigenvalue weighted by atomic mass is 79.9. The number of nitrogens with zero attached hydrogens (tertiary/aromatic N) is 3. The molecule has 1 aromatic rings. The zero-order chi connectivity index (χ0) is 12.0. The normalized spacial score (nSPS) is 11.1. The minimum Gasteiger partial charge on any atom is -0.493 e. The average molecular weight is 290 g/mol. The van der Waals surface area contributed by atoms with Crippen LogP contribution in [0.1, 0.15) is 12.1 Å². The second kappa shape index (κ2) is 6.91. The smallest absolute Gasteiger partial charge is 0.159 e. The average Bonchev–Trinajstić information content (AvgIpc) is 2.65. The fourth-order valence-electron chi connectivity index (χ4n) is 1.54. The van der Waals surface area contributed by atoms with E-state index in [1.165, 1.54) is 5.69 Å². The Kier molecular flexibility index (Phi) is 5.84. The molecule has 0 atom stereocenters. The van der Waals surface area contributed by atoms with Crippen molar-refractivity contribution in [3.63, 3.8) is 0 Å². The van der Waals surface area contributed by atoms with Gasteiger partial charge in [0.25, 0.3) is 0 Å². The van der Waals surface area contributed by atoms with Gasteiger partial charge in [-0.25, -0.2) is 0 Å². The van der Waals surface area contributed by atoms with Crippen molar-refractivity contribution in [2.24, 2.45) is 0 Å². The van der Waals surface area contributed by atoms with Gasteiger partial charge in [0.05, 0.1) is 25.5 Å². The van der Waals surface area contributed by atoms with Gasteiger partial charge in [-0.1, -0.05) is 15.9 Å². The lowest BCUT2D eigenvalue weighted by Gasteiger charge is -2.12. The van der Waals surface area contributed by atoms with Crippen LogP contribution in [0.4, 0.5) is 0 Å². The molecule has 0 spiro atoms. The van der Waals surface area contributed by atoms with Gasteiger partial charge in [0.2, 0.25) is 0 Å². The van der Waals surface area contributed by atoms with Crippen molar-refractivity contribution >= 4 is 15.9 Å². The zero-order valence-corrected chi connectivity index (χ0v) is 11.8. The fraction of sp³-hybridized carbons (Fsp3) is 0.727. The predicted molar refractivity (Wildman–Crippen MR) is 69.4 cm³/mol.